The van der Waals surface area contributed by atoms with Gasteiger partial charge in [0.05, 0.1) is 19.1 Å². The third kappa shape index (κ3) is 7.76. The Morgan fingerprint density at radius 1 is 1.06 bits per heavy atom. The lowest BCUT2D eigenvalue weighted by Crippen LogP contribution is -2.49. The van der Waals surface area contributed by atoms with E-state index in [0.717, 1.165) is 11.8 Å². The van der Waals surface area contributed by atoms with Crippen molar-refractivity contribution in [1.29, 1.82) is 0 Å². The summed E-state index contributed by atoms with van der Waals surface area (Å²) in [7, 11) is -1.93. The van der Waals surface area contributed by atoms with Crippen LogP contribution in [0.3, 0.4) is 0 Å². The summed E-state index contributed by atoms with van der Waals surface area (Å²) in [6, 6.07) is 15.6. The second-order valence-electron chi connectivity index (χ2n) is 7.97. The fourth-order valence-electron chi connectivity index (χ4n) is 3.78. The average molecular weight is 490 g/mol. The maximum atomic E-state index is 13.3. The molecule has 1 unspecified atom stereocenters. The molecule has 1 atom stereocenters. The van der Waals surface area contributed by atoms with Crippen LogP contribution >= 0.6 is 0 Å². The van der Waals surface area contributed by atoms with E-state index in [1.54, 1.807) is 36.3 Å². The maximum absolute atomic E-state index is 13.3. The monoisotopic (exact) mass is 489 g/mol. The molecule has 34 heavy (non-hydrogen) atoms. The van der Waals surface area contributed by atoms with E-state index in [2.05, 4.69) is 5.32 Å². The number of para-hydroxylation sites is 1. The Morgan fingerprint density at radius 2 is 1.76 bits per heavy atom. The summed E-state index contributed by atoms with van der Waals surface area (Å²) in [4.78, 5) is 27.6. The third-order valence-electron chi connectivity index (χ3n) is 5.42. The van der Waals surface area contributed by atoms with Crippen LogP contribution in [-0.2, 0) is 26.2 Å². The Kier molecular flexibility index (Phi) is 10.4. The number of hydrogen-bond donors (Lipinski definition) is 1. The van der Waals surface area contributed by atoms with Crippen LogP contribution in [0.15, 0.2) is 54.6 Å². The summed E-state index contributed by atoms with van der Waals surface area (Å²) in [5.41, 5.74) is 1.40. The van der Waals surface area contributed by atoms with E-state index in [0.29, 0.717) is 30.8 Å². The van der Waals surface area contributed by atoms with Crippen LogP contribution in [-0.4, -0.2) is 57.6 Å². The lowest BCUT2D eigenvalue weighted by molar-refractivity contribution is -0.141. The van der Waals surface area contributed by atoms with Gasteiger partial charge < -0.3 is 15.0 Å². The van der Waals surface area contributed by atoms with Gasteiger partial charge in [-0.25, -0.2) is 8.42 Å². The SMILES string of the molecule is CCNC(=O)C(CC)N(Cc1cccc(OC)c1)C(=O)CCCN(c1ccccc1)S(C)(=O)=O. The van der Waals surface area contributed by atoms with Crippen molar-refractivity contribution in [2.75, 3.05) is 30.8 Å². The number of carbonyl (C=O) groups excluding carboxylic acids is 2. The molecule has 0 aliphatic rings. The van der Waals surface area contributed by atoms with Crippen LogP contribution < -0.4 is 14.4 Å². The van der Waals surface area contributed by atoms with Gasteiger partial charge in [-0.15, -0.1) is 0 Å². The molecule has 1 N–H and O–H groups in total. The van der Waals surface area contributed by atoms with Crippen molar-refractivity contribution in [3.05, 3.63) is 60.2 Å². The molecule has 0 bridgehead atoms. The van der Waals surface area contributed by atoms with Gasteiger partial charge in [0.2, 0.25) is 21.8 Å². The molecule has 2 amide bonds. The Hall–Kier alpha value is -3.07. The summed E-state index contributed by atoms with van der Waals surface area (Å²) in [5, 5.41) is 2.81. The fourth-order valence-corrected chi connectivity index (χ4v) is 4.74. The number of amides is 2. The first-order valence-corrected chi connectivity index (χ1v) is 13.3. The third-order valence-corrected chi connectivity index (χ3v) is 6.61. The summed E-state index contributed by atoms with van der Waals surface area (Å²) in [5.74, 6) is 0.258. The van der Waals surface area contributed by atoms with Crippen molar-refractivity contribution >= 4 is 27.5 Å². The molecule has 2 aromatic carbocycles. The smallest absolute Gasteiger partial charge is 0.242 e. The molecule has 8 nitrogen and oxygen atoms in total. The number of carbonyl (C=O) groups is 2. The second kappa shape index (κ2) is 13.0. The number of methoxy groups -OCH3 is 1. The molecule has 9 heteroatoms. The highest BCUT2D eigenvalue weighted by atomic mass is 32.2. The van der Waals surface area contributed by atoms with E-state index >= 15 is 0 Å². The second-order valence-corrected chi connectivity index (χ2v) is 9.87. The van der Waals surface area contributed by atoms with Crippen molar-refractivity contribution in [3.8, 4) is 5.75 Å². The summed E-state index contributed by atoms with van der Waals surface area (Å²) in [6.45, 7) is 4.59. The Balaban J connectivity index is 2.20. The van der Waals surface area contributed by atoms with Gasteiger partial charge in [-0.3, -0.25) is 13.9 Å². The molecule has 0 spiro atoms. The number of anilines is 1. The minimum absolute atomic E-state index is 0.110. The number of nitrogens with zero attached hydrogens (tertiary/aromatic N) is 2. The molecule has 0 radical (unpaired) electrons. The molecule has 0 saturated carbocycles. The molecular weight excluding hydrogens is 454 g/mol. The van der Waals surface area contributed by atoms with Gasteiger partial charge >= 0.3 is 0 Å². The van der Waals surface area contributed by atoms with E-state index < -0.39 is 16.1 Å². The van der Waals surface area contributed by atoms with Crippen LogP contribution in [0.1, 0.15) is 38.7 Å². The quantitative estimate of drug-likeness (QED) is 0.466. The normalized spacial score (nSPS) is 12.0. The minimum atomic E-state index is -3.50. The van der Waals surface area contributed by atoms with E-state index in [1.807, 2.05) is 44.2 Å². The van der Waals surface area contributed by atoms with Gasteiger partial charge in [0.1, 0.15) is 11.8 Å². The molecule has 0 fully saturated rings. The molecule has 0 heterocycles. The van der Waals surface area contributed by atoms with Crippen LogP contribution in [0.25, 0.3) is 0 Å². The van der Waals surface area contributed by atoms with Crippen LogP contribution in [0.2, 0.25) is 0 Å². The van der Waals surface area contributed by atoms with Crippen molar-refractivity contribution in [2.24, 2.45) is 0 Å². The van der Waals surface area contributed by atoms with Gasteiger partial charge in [-0.1, -0.05) is 37.3 Å². The lowest BCUT2D eigenvalue weighted by Gasteiger charge is -2.31. The summed E-state index contributed by atoms with van der Waals surface area (Å²) in [6.07, 6.45) is 2.04. The topological polar surface area (TPSA) is 96.0 Å². The van der Waals surface area contributed by atoms with E-state index in [-0.39, 0.29) is 31.3 Å². The molecule has 186 valence electrons. The van der Waals surface area contributed by atoms with Gasteiger partial charge in [0.25, 0.3) is 0 Å². The molecule has 0 saturated heterocycles. The summed E-state index contributed by atoms with van der Waals surface area (Å²) < 4.78 is 31.2. The number of ether oxygens (including phenoxy) is 1. The standard InChI is InChI=1S/C25H35N3O5S/c1-5-23(25(30)26-6-2)27(19-20-12-10-15-22(18-20)33-3)24(29)16-11-17-28(34(4,31)32)21-13-8-7-9-14-21/h7-10,12-15,18,23H,5-6,11,16-17,19H2,1-4H3,(H,26,30). The van der Waals surface area contributed by atoms with E-state index in [1.165, 1.54) is 4.31 Å². The predicted molar refractivity (Wildman–Crippen MR) is 134 cm³/mol. The molecule has 0 aliphatic carbocycles. The largest absolute Gasteiger partial charge is 0.497 e. The van der Waals surface area contributed by atoms with Crippen LogP contribution in [0, 0.1) is 0 Å². The minimum Gasteiger partial charge on any atom is -0.497 e. The zero-order valence-corrected chi connectivity index (χ0v) is 21.2. The van der Waals surface area contributed by atoms with Crippen LogP contribution in [0.4, 0.5) is 5.69 Å². The van der Waals surface area contributed by atoms with E-state index in [4.69, 9.17) is 4.74 Å². The van der Waals surface area contributed by atoms with Gasteiger partial charge in [0, 0.05) is 26.1 Å². The number of benzene rings is 2. The van der Waals surface area contributed by atoms with Gasteiger partial charge in [-0.2, -0.15) is 0 Å². The lowest BCUT2D eigenvalue weighted by atomic mass is 10.1. The number of nitrogens with one attached hydrogen (secondary N) is 1. The van der Waals surface area contributed by atoms with Crippen molar-refractivity contribution in [2.45, 2.75) is 45.7 Å². The van der Waals surface area contributed by atoms with Crippen molar-refractivity contribution in [1.82, 2.24) is 10.2 Å². The number of rotatable bonds is 13. The number of hydrogen-bond acceptors (Lipinski definition) is 5. The predicted octanol–water partition coefficient (Wildman–Crippen LogP) is 3.18. The summed E-state index contributed by atoms with van der Waals surface area (Å²) >= 11 is 0. The maximum Gasteiger partial charge on any atom is 0.242 e. The zero-order chi connectivity index (χ0) is 25.1. The molecule has 0 aromatic heterocycles. The van der Waals surface area contributed by atoms with E-state index in [9.17, 15) is 18.0 Å². The zero-order valence-electron chi connectivity index (χ0n) is 20.4. The first kappa shape index (κ1) is 27.2. The van der Waals surface area contributed by atoms with Crippen LogP contribution in [0.5, 0.6) is 5.75 Å². The van der Waals surface area contributed by atoms with Crippen molar-refractivity contribution in [3.63, 3.8) is 0 Å². The average Bonchev–Trinajstić information content (AvgIpc) is 2.81. The molecule has 2 rings (SSSR count). The highest BCUT2D eigenvalue weighted by Gasteiger charge is 2.28. The first-order valence-electron chi connectivity index (χ1n) is 11.4. The number of sulfonamides is 1. The fraction of sp³-hybridized carbons (Fsp3) is 0.440. The molecular formula is C25H35N3O5S. The highest BCUT2D eigenvalue weighted by molar-refractivity contribution is 7.92. The van der Waals surface area contributed by atoms with Gasteiger partial charge in [-0.05, 0) is 49.6 Å². The molecule has 2 aromatic rings. The molecule has 0 aliphatic heterocycles. The Bertz CT molecular complexity index is 1040. The Labute approximate surface area is 202 Å². The van der Waals surface area contributed by atoms with Gasteiger partial charge in [0.15, 0.2) is 0 Å². The Morgan fingerprint density at radius 3 is 2.35 bits per heavy atom. The highest BCUT2D eigenvalue weighted by Crippen LogP contribution is 2.20. The van der Waals surface area contributed by atoms with Crippen molar-refractivity contribution < 1.29 is 22.7 Å². The first-order chi connectivity index (χ1) is 16.2. The number of likely N-dealkylation sites (N-methyl/N-ethyl adjacent to an activating group) is 1.